The monoisotopic (exact) mass is 314 g/mol. The molecule has 0 saturated heterocycles. The van der Waals surface area contributed by atoms with Gasteiger partial charge in [0.2, 0.25) is 5.09 Å². The van der Waals surface area contributed by atoms with Crippen molar-refractivity contribution >= 4 is 15.9 Å². The summed E-state index contributed by atoms with van der Waals surface area (Å²) in [6.07, 6.45) is 3.13. The lowest BCUT2D eigenvalue weighted by Gasteiger charge is -2.40. The van der Waals surface area contributed by atoms with Crippen LogP contribution in [0.3, 0.4) is 0 Å². The molecule has 0 bridgehead atoms. The first kappa shape index (κ1) is 16.0. The average Bonchev–Trinajstić information content (AvgIpc) is 2.75. The highest BCUT2D eigenvalue weighted by atomic mass is 32.2. The summed E-state index contributed by atoms with van der Waals surface area (Å²) in [5, 5.41) is -0.219. The normalized spacial score (nSPS) is 16.0. The number of amides is 1. The highest BCUT2D eigenvalue weighted by Gasteiger charge is 2.33. The Morgan fingerprint density at radius 1 is 1.43 bits per heavy atom. The summed E-state index contributed by atoms with van der Waals surface area (Å²) in [5.74, 6) is 0.173. The van der Waals surface area contributed by atoms with Crippen LogP contribution in [0.4, 0.5) is 0 Å². The van der Waals surface area contributed by atoms with E-state index in [1.54, 1.807) is 6.92 Å². The Hall–Kier alpha value is -1.34. The van der Waals surface area contributed by atoms with E-state index in [4.69, 9.17) is 4.42 Å². The molecule has 1 aliphatic carbocycles. The number of furan rings is 1. The maximum Gasteiger partial charge on any atom is 0.273 e. The second kappa shape index (κ2) is 5.81. The van der Waals surface area contributed by atoms with Crippen LogP contribution in [0.15, 0.2) is 15.6 Å². The standard InChI is InChI=1S/C14H22N2O4S/c1-9(2)16(11-6-5-7-11)14(17)12-8-13(20-10(12)3)21(18,19)15-4/h8-9,11,15H,5-7H2,1-4H3. The van der Waals surface area contributed by atoms with Crippen LogP contribution in [-0.4, -0.2) is 38.4 Å². The van der Waals surface area contributed by atoms with Gasteiger partial charge in [-0.05, 0) is 47.1 Å². The van der Waals surface area contributed by atoms with Crippen LogP contribution in [-0.2, 0) is 10.0 Å². The molecule has 1 N–H and O–H groups in total. The minimum absolute atomic E-state index is 0.0708. The summed E-state index contributed by atoms with van der Waals surface area (Å²) in [4.78, 5) is 14.6. The fourth-order valence-electron chi connectivity index (χ4n) is 2.53. The quantitative estimate of drug-likeness (QED) is 0.900. The molecule has 0 unspecified atom stereocenters. The number of carbonyl (C=O) groups excluding carboxylic acids is 1. The Balaban J connectivity index is 2.34. The Kier molecular flexibility index (Phi) is 4.43. The molecule has 1 aromatic heterocycles. The molecule has 0 radical (unpaired) electrons. The van der Waals surface area contributed by atoms with Gasteiger partial charge in [-0.1, -0.05) is 0 Å². The van der Waals surface area contributed by atoms with Crippen LogP contribution in [0.2, 0.25) is 0 Å². The maximum absolute atomic E-state index is 12.7. The number of nitrogens with zero attached hydrogens (tertiary/aromatic N) is 1. The Morgan fingerprint density at radius 2 is 2.05 bits per heavy atom. The minimum atomic E-state index is -3.68. The van der Waals surface area contributed by atoms with Crippen LogP contribution >= 0.6 is 0 Å². The fraction of sp³-hybridized carbons (Fsp3) is 0.643. The summed E-state index contributed by atoms with van der Waals surface area (Å²) in [7, 11) is -2.37. The van der Waals surface area contributed by atoms with E-state index >= 15 is 0 Å². The van der Waals surface area contributed by atoms with Gasteiger partial charge >= 0.3 is 0 Å². The van der Waals surface area contributed by atoms with Gasteiger partial charge in [-0.15, -0.1) is 0 Å². The average molecular weight is 314 g/mol. The molecule has 0 spiro atoms. The minimum Gasteiger partial charge on any atom is -0.448 e. The van der Waals surface area contributed by atoms with Gasteiger partial charge in [-0.3, -0.25) is 4.79 Å². The number of carbonyl (C=O) groups is 1. The van der Waals surface area contributed by atoms with Gasteiger partial charge in [0.1, 0.15) is 5.76 Å². The number of nitrogens with one attached hydrogen (secondary N) is 1. The number of aryl methyl sites for hydroxylation is 1. The summed E-state index contributed by atoms with van der Waals surface area (Å²) >= 11 is 0. The molecule has 0 aromatic carbocycles. The zero-order chi connectivity index (χ0) is 15.8. The van der Waals surface area contributed by atoms with Crippen molar-refractivity contribution in [2.24, 2.45) is 0 Å². The fourth-order valence-corrected chi connectivity index (χ4v) is 3.23. The molecule has 0 aliphatic heterocycles. The first-order valence-corrected chi connectivity index (χ1v) is 8.63. The molecular formula is C14H22N2O4S. The van der Waals surface area contributed by atoms with Gasteiger partial charge in [0.15, 0.2) is 0 Å². The smallest absolute Gasteiger partial charge is 0.273 e. The van der Waals surface area contributed by atoms with Crippen molar-refractivity contribution in [1.82, 2.24) is 9.62 Å². The molecule has 21 heavy (non-hydrogen) atoms. The zero-order valence-corrected chi connectivity index (χ0v) is 13.7. The molecule has 7 heteroatoms. The summed E-state index contributed by atoms with van der Waals surface area (Å²) in [6.45, 7) is 5.55. The zero-order valence-electron chi connectivity index (χ0n) is 12.8. The van der Waals surface area contributed by atoms with Crippen LogP contribution < -0.4 is 4.72 Å². The van der Waals surface area contributed by atoms with Crippen molar-refractivity contribution in [2.45, 2.75) is 57.2 Å². The van der Waals surface area contributed by atoms with Gasteiger partial charge in [-0.2, -0.15) is 0 Å². The Bertz CT molecular complexity index is 629. The van der Waals surface area contributed by atoms with E-state index < -0.39 is 10.0 Å². The second-order valence-electron chi connectivity index (χ2n) is 5.63. The van der Waals surface area contributed by atoms with E-state index in [2.05, 4.69) is 4.72 Å². The van der Waals surface area contributed by atoms with E-state index in [9.17, 15) is 13.2 Å². The molecule has 1 aliphatic rings. The predicted molar refractivity (Wildman–Crippen MR) is 78.6 cm³/mol. The lowest BCUT2D eigenvalue weighted by atomic mass is 9.90. The highest BCUT2D eigenvalue weighted by molar-refractivity contribution is 7.89. The lowest BCUT2D eigenvalue weighted by molar-refractivity contribution is 0.0487. The summed E-state index contributed by atoms with van der Waals surface area (Å²) in [6, 6.07) is 1.63. The number of hydrogen-bond acceptors (Lipinski definition) is 4. The first-order valence-electron chi connectivity index (χ1n) is 7.14. The first-order chi connectivity index (χ1) is 9.77. The third-order valence-corrected chi connectivity index (χ3v) is 5.19. The topological polar surface area (TPSA) is 79.6 Å². The van der Waals surface area contributed by atoms with Crippen molar-refractivity contribution in [3.05, 3.63) is 17.4 Å². The summed E-state index contributed by atoms with van der Waals surface area (Å²) < 4.78 is 31.0. The van der Waals surface area contributed by atoms with Crippen molar-refractivity contribution in [3.8, 4) is 0 Å². The van der Waals surface area contributed by atoms with Crippen LogP contribution in [0.1, 0.15) is 49.2 Å². The number of rotatable bonds is 5. The Morgan fingerprint density at radius 3 is 2.48 bits per heavy atom. The van der Waals surface area contributed by atoms with Crippen LogP contribution in [0, 0.1) is 6.92 Å². The third-order valence-electron chi connectivity index (χ3n) is 3.92. The van der Waals surface area contributed by atoms with E-state index in [1.807, 2.05) is 18.7 Å². The maximum atomic E-state index is 12.7. The number of sulfonamides is 1. The largest absolute Gasteiger partial charge is 0.448 e. The van der Waals surface area contributed by atoms with Gasteiger partial charge < -0.3 is 9.32 Å². The van der Waals surface area contributed by atoms with Crippen LogP contribution in [0.5, 0.6) is 0 Å². The van der Waals surface area contributed by atoms with E-state index in [0.717, 1.165) is 19.3 Å². The van der Waals surface area contributed by atoms with Crippen molar-refractivity contribution in [1.29, 1.82) is 0 Å². The van der Waals surface area contributed by atoms with Gasteiger partial charge in [0.25, 0.3) is 15.9 Å². The molecule has 1 aromatic rings. The SMILES string of the molecule is CNS(=O)(=O)c1cc(C(=O)N(C(C)C)C2CCC2)c(C)o1. The lowest BCUT2D eigenvalue weighted by Crippen LogP contribution is -2.48. The van der Waals surface area contributed by atoms with Crippen molar-refractivity contribution in [2.75, 3.05) is 7.05 Å². The number of hydrogen-bond donors (Lipinski definition) is 1. The summed E-state index contributed by atoms with van der Waals surface area (Å²) in [5.41, 5.74) is 0.324. The van der Waals surface area contributed by atoms with E-state index in [0.29, 0.717) is 11.3 Å². The molecule has 0 atom stereocenters. The van der Waals surface area contributed by atoms with E-state index in [-0.39, 0.29) is 23.1 Å². The molecule has 6 nitrogen and oxygen atoms in total. The van der Waals surface area contributed by atoms with Crippen LogP contribution in [0.25, 0.3) is 0 Å². The molecule has 1 amide bonds. The molecule has 1 heterocycles. The Labute approximate surface area is 125 Å². The molecule has 1 saturated carbocycles. The van der Waals surface area contributed by atoms with Crippen molar-refractivity contribution < 1.29 is 17.6 Å². The van der Waals surface area contributed by atoms with Gasteiger partial charge in [-0.25, -0.2) is 13.1 Å². The molecule has 2 rings (SSSR count). The predicted octanol–water partition coefficient (Wildman–Crippen LogP) is 1.90. The highest BCUT2D eigenvalue weighted by Crippen LogP contribution is 2.29. The van der Waals surface area contributed by atoms with Crippen molar-refractivity contribution in [3.63, 3.8) is 0 Å². The van der Waals surface area contributed by atoms with Gasteiger partial charge in [0, 0.05) is 18.2 Å². The molecule has 1 fully saturated rings. The second-order valence-corrected chi connectivity index (χ2v) is 7.45. The van der Waals surface area contributed by atoms with Gasteiger partial charge in [0.05, 0.1) is 5.56 Å². The molecule has 118 valence electrons. The van der Waals surface area contributed by atoms with E-state index in [1.165, 1.54) is 13.1 Å². The third kappa shape index (κ3) is 2.98. The molecular weight excluding hydrogens is 292 g/mol.